The quantitative estimate of drug-likeness (QED) is 0.545. The van der Waals surface area contributed by atoms with Gasteiger partial charge in [0, 0.05) is 50.8 Å². The maximum atomic E-state index is 13.0. The summed E-state index contributed by atoms with van der Waals surface area (Å²) in [6, 6.07) is 13.3. The molecule has 0 fully saturated rings. The number of anilines is 1. The third kappa shape index (κ3) is 2.82. The van der Waals surface area contributed by atoms with Gasteiger partial charge in [0.2, 0.25) is 0 Å². The number of hydrogen-bond acceptors (Lipinski definition) is 4. The fraction of sp³-hybridized carbons (Fsp3) is 0.200. The van der Waals surface area contributed by atoms with Crippen LogP contribution in [0.3, 0.4) is 0 Å². The molecule has 3 heterocycles. The van der Waals surface area contributed by atoms with Crippen molar-refractivity contribution in [2.24, 2.45) is 0 Å². The van der Waals surface area contributed by atoms with Gasteiger partial charge in [-0.2, -0.15) is 0 Å². The van der Waals surface area contributed by atoms with Crippen LogP contribution in [-0.2, 0) is 23.0 Å². The van der Waals surface area contributed by atoms with Crippen molar-refractivity contribution in [2.75, 3.05) is 18.3 Å². The van der Waals surface area contributed by atoms with Gasteiger partial charge in [-0.3, -0.25) is 4.72 Å². The van der Waals surface area contributed by atoms with Crippen molar-refractivity contribution in [2.45, 2.75) is 17.9 Å². The summed E-state index contributed by atoms with van der Waals surface area (Å²) in [4.78, 5) is 6.09. The van der Waals surface area contributed by atoms with E-state index < -0.39 is 10.0 Å². The summed E-state index contributed by atoms with van der Waals surface area (Å²) in [5, 5.41) is 3.58. The van der Waals surface area contributed by atoms with Crippen LogP contribution >= 0.6 is 11.3 Å². The minimum absolute atomic E-state index is 0.334. The molecular formula is C20H19N3O2S2. The van der Waals surface area contributed by atoms with Crippen LogP contribution in [0.25, 0.3) is 21.0 Å². The molecule has 2 N–H and O–H groups in total. The van der Waals surface area contributed by atoms with Crippen LogP contribution in [-0.4, -0.2) is 31.9 Å². The van der Waals surface area contributed by atoms with Gasteiger partial charge in [0.05, 0.1) is 0 Å². The Morgan fingerprint density at radius 2 is 2.00 bits per heavy atom. The first-order valence-corrected chi connectivity index (χ1v) is 11.2. The molecule has 7 heteroatoms. The smallest absolute Gasteiger partial charge is 0.263 e. The van der Waals surface area contributed by atoms with Gasteiger partial charge in [-0.1, -0.05) is 18.2 Å². The Balaban J connectivity index is 1.54. The Hall–Kier alpha value is -2.35. The van der Waals surface area contributed by atoms with Gasteiger partial charge in [-0.05, 0) is 43.3 Å². The number of H-pyrrole nitrogens is 1. The van der Waals surface area contributed by atoms with Gasteiger partial charge in [0.1, 0.15) is 4.90 Å². The third-order valence-electron chi connectivity index (χ3n) is 5.15. The number of thiophene rings is 1. The van der Waals surface area contributed by atoms with Crippen LogP contribution in [0.15, 0.2) is 52.7 Å². The largest absolute Gasteiger partial charge is 0.357 e. The first-order chi connectivity index (χ1) is 13.0. The number of hydrogen-bond donors (Lipinski definition) is 2. The molecule has 0 radical (unpaired) electrons. The molecule has 0 atom stereocenters. The molecule has 5 rings (SSSR count). The molecule has 0 spiro atoms. The molecule has 0 amide bonds. The monoisotopic (exact) mass is 397 g/mol. The molecule has 138 valence electrons. The van der Waals surface area contributed by atoms with E-state index in [0.29, 0.717) is 10.6 Å². The molecule has 4 aromatic rings. The number of fused-ring (bicyclic) bond motifs is 4. The molecule has 2 aromatic carbocycles. The van der Waals surface area contributed by atoms with Crippen molar-refractivity contribution >= 4 is 48.0 Å². The molecule has 0 saturated carbocycles. The maximum Gasteiger partial charge on any atom is 0.263 e. The van der Waals surface area contributed by atoms with Crippen LogP contribution in [0.1, 0.15) is 11.3 Å². The molecule has 5 nitrogen and oxygen atoms in total. The number of nitrogens with one attached hydrogen (secondary N) is 2. The summed E-state index contributed by atoms with van der Waals surface area (Å²) >= 11 is 1.45. The van der Waals surface area contributed by atoms with Gasteiger partial charge in [0.15, 0.2) is 0 Å². The van der Waals surface area contributed by atoms with Crippen LogP contribution in [0, 0.1) is 0 Å². The fourth-order valence-corrected chi connectivity index (χ4v) is 6.36. The van der Waals surface area contributed by atoms with Crippen LogP contribution in [0.5, 0.6) is 0 Å². The number of rotatable bonds is 3. The second kappa shape index (κ2) is 6.09. The molecule has 27 heavy (non-hydrogen) atoms. The second-order valence-electron chi connectivity index (χ2n) is 7.03. The number of aromatic nitrogens is 1. The van der Waals surface area contributed by atoms with Crippen molar-refractivity contribution in [3.8, 4) is 0 Å². The Bertz CT molecular complexity index is 1270. The van der Waals surface area contributed by atoms with Gasteiger partial charge in [-0.15, -0.1) is 11.3 Å². The predicted molar refractivity (Wildman–Crippen MR) is 111 cm³/mol. The van der Waals surface area contributed by atoms with Gasteiger partial charge in [-0.25, -0.2) is 8.42 Å². The van der Waals surface area contributed by atoms with E-state index in [9.17, 15) is 8.42 Å². The topological polar surface area (TPSA) is 65.2 Å². The van der Waals surface area contributed by atoms with E-state index in [4.69, 9.17) is 0 Å². The molecular weight excluding hydrogens is 378 g/mol. The number of aromatic amines is 1. The van der Waals surface area contributed by atoms with Crippen molar-refractivity contribution in [1.29, 1.82) is 0 Å². The number of nitrogens with zero attached hydrogens (tertiary/aromatic N) is 1. The highest BCUT2D eigenvalue weighted by Crippen LogP contribution is 2.32. The summed E-state index contributed by atoms with van der Waals surface area (Å²) in [5.74, 6) is 0. The van der Waals surface area contributed by atoms with E-state index in [0.717, 1.165) is 40.5 Å². The molecule has 0 unspecified atom stereocenters. The molecule has 0 bridgehead atoms. The summed E-state index contributed by atoms with van der Waals surface area (Å²) in [5.41, 5.74) is 4.17. The standard InChI is InChI=1S/C20H19N3O2S2/c1-23-9-8-14-16-10-13(6-7-17(16)21-18(14)11-23)22-27(24,25)20-12-26-19-5-3-2-4-15(19)20/h2-7,10,12,21-22H,8-9,11H2,1H3. The molecule has 0 aliphatic carbocycles. The van der Waals surface area contributed by atoms with Crippen molar-refractivity contribution in [1.82, 2.24) is 9.88 Å². The first-order valence-electron chi connectivity index (χ1n) is 8.82. The summed E-state index contributed by atoms with van der Waals surface area (Å²) < 4.78 is 29.7. The van der Waals surface area contributed by atoms with E-state index in [2.05, 4.69) is 21.7 Å². The molecule has 1 aliphatic rings. The van der Waals surface area contributed by atoms with E-state index in [-0.39, 0.29) is 0 Å². The first kappa shape index (κ1) is 16.8. The third-order valence-corrected chi connectivity index (χ3v) is 7.69. The number of sulfonamides is 1. The Labute approximate surface area is 161 Å². The van der Waals surface area contributed by atoms with Gasteiger partial charge < -0.3 is 9.88 Å². The normalized spacial score (nSPS) is 15.3. The lowest BCUT2D eigenvalue weighted by atomic mass is 10.0. The lowest BCUT2D eigenvalue weighted by molar-refractivity contribution is 0.310. The van der Waals surface area contributed by atoms with Gasteiger partial charge >= 0.3 is 0 Å². The summed E-state index contributed by atoms with van der Waals surface area (Å²) in [6.45, 7) is 1.91. The van der Waals surface area contributed by atoms with Gasteiger partial charge in [0.25, 0.3) is 10.0 Å². The molecule has 0 saturated heterocycles. The lowest BCUT2D eigenvalue weighted by Gasteiger charge is -2.22. The number of benzene rings is 2. The Morgan fingerprint density at radius 3 is 2.89 bits per heavy atom. The summed E-state index contributed by atoms with van der Waals surface area (Å²) in [6.07, 6.45) is 0.969. The van der Waals surface area contributed by atoms with Crippen LogP contribution in [0.2, 0.25) is 0 Å². The molecule has 1 aliphatic heterocycles. The highest BCUT2D eigenvalue weighted by molar-refractivity contribution is 7.93. The van der Waals surface area contributed by atoms with E-state index >= 15 is 0 Å². The fourth-order valence-electron chi connectivity index (χ4n) is 3.81. The minimum Gasteiger partial charge on any atom is -0.357 e. The Kier molecular flexibility index (Phi) is 3.79. The van der Waals surface area contributed by atoms with Crippen molar-refractivity contribution < 1.29 is 8.42 Å². The maximum absolute atomic E-state index is 13.0. The zero-order valence-corrected chi connectivity index (χ0v) is 16.5. The minimum atomic E-state index is -3.64. The van der Waals surface area contributed by atoms with E-state index in [1.54, 1.807) is 5.38 Å². The van der Waals surface area contributed by atoms with Crippen molar-refractivity contribution in [3.05, 3.63) is 59.1 Å². The lowest BCUT2D eigenvalue weighted by Crippen LogP contribution is -2.26. The predicted octanol–water partition coefficient (Wildman–Crippen LogP) is 4.17. The SMILES string of the molecule is CN1CCc2c([nH]c3ccc(NS(=O)(=O)c4csc5ccccc45)cc23)C1. The zero-order chi connectivity index (χ0) is 18.6. The average Bonchev–Trinajstić information content (AvgIpc) is 3.22. The van der Waals surface area contributed by atoms with E-state index in [1.165, 1.54) is 22.6 Å². The molecule has 2 aromatic heterocycles. The number of likely N-dealkylation sites (N-methyl/N-ethyl adjacent to an activating group) is 1. The zero-order valence-electron chi connectivity index (χ0n) is 14.8. The second-order valence-corrected chi connectivity index (χ2v) is 9.59. The highest BCUT2D eigenvalue weighted by atomic mass is 32.2. The van der Waals surface area contributed by atoms with Crippen LogP contribution in [0.4, 0.5) is 5.69 Å². The van der Waals surface area contributed by atoms with E-state index in [1.807, 2.05) is 42.5 Å². The summed E-state index contributed by atoms with van der Waals surface area (Å²) in [7, 11) is -1.53. The average molecular weight is 398 g/mol. The Morgan fingerprint density at radius 1 is 1.15 bits per heavy atom. The van der Waals surface area contributed by atoms with Crippen molar-refractivity contribution in [3.63, 3.8) is 0 Å². The highest BCUT2D eigenvalue weighted by Gasteiger charge is 2.21. The van der Waals surface area contributed by atoms with Crippen LogP contribution < -0.4 is 4.72 Å².